The number of para-hydroxylation sites is 1. The van der Waals surface area contributed by atoms with Gasteiger partial charge < -0.3 is 16.4 Å². The number of nitrogens with two attached hydrogens (primary N) is 1. The topological polar surface area (TPSA) is 62.4 Å². The molecule has 14 heavy (non-hydrogen) atoms. The van der Waals surface area contributed by atoms with Gasteiger partial charge in [0, 0.05) is 6.54 Å². The van der Waals surface area contributed by atoms with Crippen molar-refractivity contribution in [2.45, 2.75) is 6.92 Å². The van der Waals surface area contributed by atoms with Crippen LogP contribution in [0.4, 0.5) is 11.4 Å². The van der Waals surface area contributed by atoms with Crippen LogP contribution >= 0.6 is 0 Å². The van der Waals surface area contributed by atoms with Crippen LogP contribution in [0.5, 0.6) is 0 Å². The van der Waals surface area contributed by atoms with E-state index in [2.05, 4.69) is 15.6 Å². The molecule has 1 aromatic rings. The normalized spacial score (nSPS) is 14.8. The highest BCUT2D eigenvalue weighted by molar-refractivity contribution is 5.97. The molecule has 1 aliphatic heterocycles. The second-order valence-electron chi connectivity index (χ2n) is 3.32. The molecular weight excluding hydrogens is 176 g/mol. The molecule has 4 nitrogen and oxygen atoms in total. The van der Waals surface area contributed by atoms with Crippen LogP contribution in [0, 0.1) is 6.92 Å². The first kappa shape index (κ1) is 8.87. The number of aryl methyl sites for hydroxylation is 1. The lowest BCUT2D eigenvalue weighted by Crippen LogP contribution is -2.26. The van der Waals surface area contributed by atoms with Gasteiger partial charge in [0.1, 0.15) is 0 Å². The second kappa shape index (κ2) is 3.57. The van der Waals surface area contributed by atoms with Crippen LogP contribution in [-0.2, 0) is 0 Å². The molecule has 4 heteroatoms. The van der Waals surface area contributed by atoms with Crippen LogP contribution in [0.25, 0.3) is 0 Å². The fraction of sp³-hybridized carbons (Fsp3) is 0.300. The molecular formula is C10H14N4. The average molecular weight is 190 g/mol. The highest BCUT2D eigenvalue weighted by Crippen LogP contribution is 2.22. The lowest BCUT2D eigenvalue weighted by atomic mass is 10.2. The highest BCUT2D eigenvalue weighted by atomic mass is 15.2. The van der Waals surface area contributed by atoms with E-state index in [-0.39, 0.29) is 0 Å². The van der Waals surface area contributed by atoms with Gasteiger partial charge in [0.2, 0.25) is 0 Å². The maximum atomic E-state index is 5.85. The van der Waals surface area contributed by atoms with Crippen molar-refractivity contribution in [3.8, 4) is 0 Å². The third-order valence-corrected chi connectivity index (χ3v) is 2.22. The van der Waals surface area contributed by atoms with Gasteiger partial charge in [0.25, 0.3) is 0 Å². The van der Waals surface area contributed by atoms with Gasteiger partial charge in [-0.2, -0.15) is 0 Å². The molecule has 0 atom stereocenters. The van der Waals surface area contributed by atoms with Crippen molar-refractivity contribution in [1.82, 2.24) is 5.32 Å². The van der Waals surface area contributed by atoms with Crippen molar-refractivity contribution in [2.24, 2.45) is 4.99 Å². The molecule has 0 unspecified atom stereocenters. The molecule has 2 rings (SSSR count). The summed E-state index contributed by atoms with van der Waals surface area (Å²) in [6, 6.07) is 5.85. The van der Waals surface area contributed by atoms with Crippen molar-refractivity contribution in [1.29, 1.82) is 0 Å². The number of guanidine groups is 1. The van der Waals surface area contributed by atoms with Gasteiger partial charge >= 0.3 is 0 Å². The predicted molar refractivity (Wildman–Crippen MR) is 59.5 cm³/mol. The fourth-order valence-corrected chi connectivity index (χ4v) is 1.46. The van der Waals surface area contributed by atoms with Gasteiger partial charge in [-0.1, -0.05) is 12.1 Å². The zero-order valence-corrected chi connectivity index (χ0v) is 8.17. The van der Waals surface area contributed by atoms with Crippen LogP contribution in [0.15, 0.2) is 23.2 Å². The van der Waals surface area contributed by atoms with Crippen molar-refractivity contribution in [2.75, 3.05) is 24.1 Å². The van der Waals surface area contributed by atoms with Crippen molar-refractivity contribution in [3.05, 3.63) is 23.8 Å². The fourth-order valence-electron chi connectivity index (χ4n) is 1.46. The summed E-state index contributed by atoms with van der Waals surface area (Å²) in [6.07, 6.45) is 0. The smallest absolute Gasteiger partial charge is 0.195 e. The van der Waals surface area contributed by atoms with Crippen LogP contribution in [0.1, 0.15) is 5.56 Å². The Labute approximate surface area is 83.2 Å². The predicted octanol–water partition coefficient (Wildman–Crippen LogP) is 0.948. The van der Waals surface area contributed by atoms with E-state index in [4.69, 9.17) is 5.73 Å². The number of anilines is 2. The van der Waals surface area contributed by atoms with E-state index in [0.29, 0.717) is 0 Å². The molecule has 0 bridgehead atoms. The summed E-state index contributed by atoms with van der Waals surface area (Å²) in [5, 5.41) is 6.33. The summed E-state index contributed by atoms with van der Waals surface area (Å²) in [6.45, 7) is 3.75. The summed E-state index contributed by atoms with van der Waals surface area (Å²) in [7, 11) is 0. The molecule has 0 fully saturated rings. The van der Waals surface area contributed by atoms with Gasteiger partial charge in [0.15, 0.2) is 5.96 Å². The number of hydrogen-bond acceptors (Lipinski definition) is 4. The average Bonchev–Trinajstić information content (AvgIpc) is 2.64. The van der Waals surface area contributed by atoms with Crippen LogP contribution in [0.2, 0.25) is 0 Å². The first-order chi connectivity index (χ1) is 6.77. The minimum atomic E-state index is 0.751. The number of rotatable bonds is 1. The summed E-state index contributed by atoms with van der Waals surface area (Å²) in [5.74, 6) is 0.811. The number of nitrogen functional groups attached to an aromatic ring is 1. The monoisotopic (exact) mass is 190 g/mol. The Morgan fingerprint density at radius 3 is 3.00 bits per heavy atom. The number of nitrogens with zero attached hydrogens (tertiary/aromatic N) is 1. The van der Waals surface area contributed by atoms with E-state index in [9.17, 15) is 0 Å². The molecule has 0 aliphatic carbocycles. The van der Waals surface area contributed by atoms with E-state index in [1.807, 2.05) is 25.1 Å². The maximum Gasteiger partial charge on any atom is 0.195 e. The van der Waals surface area contributed by atoms with Crippen molar-refractivity contribution >= 4 is 17.3 Å². The summed E-state index contributed by atoms with van der Waals surface area (Å²) < 4.78 is 0. The Morgan fingerprint density at radius 2 is 2.36 bits per heavy atom. The lowest BCUT2D eigenvalue weighted by molar-refractivity contribution is 0.959. The summed E-state index contributed by atoms with van der Waals surface area (Å²) >= 11 is 0. The molecule has 0 saturated heterocycles. The van der Waals surface area contributed by atoms with Crippen LogP contribution < -0.4 is 16.4 Å². The summed E-state index contributed by atoms with van der Waals surface area (Å²) in [5.41, 5.74) is 8.68. The first-order valence-corrected chi connectivity index (χ1v) is 4.68. The molecule has 74 valence electrons. The van der Waals surface area contributed by atoms with Gasteiger partial charge in [-0.05, 0) is 18.6 Å². The van der Waals surface area contributed by atoms with Gasteiger partial charge in [0.05, 0.1) is 17.9 Å². The van der Waals surface area contributed by atoms with Crippen molar-refractivity contribution < 1.29 is 0 Å². The maximum absolute atomic E-state index is 5.85. The molecule has 0 saturated carbocycles. The number of hydrogen-bond donors (Lipinski definition) is 3. The quantitative estimate of drug-likeness (QED) is 0.578. The number of nitrogens with one attached hydrogen (secondary N) is 2. The molecule has 0 amide bonds. The number of aliphatic imine (C=N–C) groups is 1. The molecule has 0 aromatic heterocycles. The van der Waals surface area contributed by atoms with Gasteiger partial charge in [-0.15, -0.1) is 0 Å². The Balaban J connectivity index is 2.23. The Hall–Kier alpha value is -1.71. The Bertz CT molecular complexity index is 350. The van der Waals surface area contributed by atoms with E-state index in [0.717, 1.165) is 36.0 Å². The molecule has 1 aliphatic rings. The lowest BCUT2D eigenvalue weighted by Gasteiger charge is -2.11. The second-order valence-corrected chi connectivity index (χ2v) is 3.32. The molecule has 1 heterocycles. The third kappa shape index (κ3) is 1.64. The van der Waals surface area contributed by atoms with Gasteiger partial charge in [-0.25, -0.2) is 0 Å². The van der Waals surface area contributed by atoms with E-state index in [1.165, 1.54) is 0 Å². The highest BCUT2D eigenvalue weighted by Gasteiger charge is 2.08. The van der Waals surface area contributed by atoms with Crippen LogP contribution in [0.3, 0.4) is 0 Å². The molecule has 0 radical (unpaired) electrons. The van der Waals surface area contributed by atoms with E-state index >= 15 is 0 Å². The largest absolute Gasteiger partial charge is 0.397 e. The zero-order valence-electron chi connectivity index (χ0n) is 8.17. The van der Waals surface area contributed by atoms with Gasteiger partial charge in [-0.3, -0.25) is 4.99 Å². The minimum Gasteiger partial charge on any atom is -0.397 e. The standard InChI is InChI=1S/C10H14N4/c1-7-3-2-4-8(11)9(7)14-10-12-5-6-13-10/h2-4H,5-6,11H2,1H3,(H2,12,13,14). The minimum absolute atomic E-state index is 0.751. The third-order valence-electron chi connectivity index (χ3n) is 2.22. The SMILES string of the molecule is Cc1cccc(N)c1NC1=NCCN1. The molecule has 0 spiro atoms. The van der Waals surface area contributed by atoms with E-state index < -0.39 is 0 Å². The Kier molecular flexibility index (Phi) is 2.26. The Morgan fingerprint density at radius 1 is 1.50 bits per heavy atom. The zero-order chi connectivity index (χ0) is 9.97. The summed E-state index contributed by atoms with van der Waals surface area (Å²) in [4.78, 5) is 4.25. The number of benzene rings is 1. The van der Waals surface area contributed by atoms with Crippen molar-refractivity contribution in [3.63, 3.8) is 0 Å². The first-order valence-electron chi connectivity index (χ1n) is 4.68. The molecule has 1 aromatic carbocycles. The molecule has 4 N–H and O–H groups in total. The van der Waals surface area contributed by atoms with Crippen LogP contribution in [-0.4, -0.2) is 19.0 Å². The van der Waals surface area contributed by atoms with E-state index in [1.54, 1.807) is 0 Å².